The van der Waals surface area contributed by atoms with Crippen LogP contribution in [0, 0.1) is 6.92 Å². The van der Waals surface area contributed by atoms with Crippen LogP contribution in [0.15, 0.2) is 84.2 Å². The van der Waals surface area contributed by atoms with Crippen molar-refractivity contribution in [1.82, 2.24) is 4.90 Å². The standard InChI is InChI=1S/C52H60N4O19/c1-32-10-17-44(43(20-32)56(26-50(63)73-30-69-35(4)59)27-51(64)74-31-70-36(5)60)65-18-19-66-47-21-37(11-16-42(47)55(24-48(61)71-28-67-33(2)57)25-49(62)72-29-68-34(3)58)52-40-14-12-38(53(6)7)22-45(40)75-46-23-39(54(8)9)13-15-41(46)52/h10-17,20-23,38H,18-19,24-31H2,1-9H3. The lowest BCUT2D eigenvalue weighted by atomic mass is 9.86. The van der Waals surface area contributed by atoms with Crippen LogP contribution in [-0.4, -0.2) is 153 Å². The summed E-state index contributed by atoms with van der Waals surface area (Å²) in [4.78, 5) is 105. The number of fused-ring (bicyclic) bond motifs is 2. The summed E-state index contributed by atoms with van der Waals surface area (Å²) in [5.41, 5.74) is 4.95. The normalized spacial score (nSPS) is 13.1. The molecule has 0 fully saturated rings. The van der Waals surface area contributed by atoms with Crippen molar-refractivity contribution in [1.29, 1.82) is 0 Å². The Balaban J connectivity index is 1.56. The van der Waals surface area contributed by atoms with Crippen molar-refractivity contribution >= 4 is 70.4 Å². The van der Waals surface area contributed by atoms with Crippen LogP contribution >= 0.6 is 0 Å². The van der Waals surface area contributed by atoms with Crippen LogP contribution in [0.4, 0.5) is 17.1 Å². The van der Waals surface area contributed by atoms with Crippen molar-refractivity contribution in [3.63, 3.8) is 0 Å². The summed E-state index contributed by atoms with van der Waals surface area (Å²) in [7, 11) is 7.74. The molecule has 1 aliphatic carbocycles. The van der Waals surface area contributed by atoms with Gasteiger partial charge in [0.25, 0.3) is 0 Å². The number of carbonyl (C=O) groups excluding carboxylic acids is 8. The molecule has 2 aliphatic rings. The second kappa shape index (κ2) is 27.5. The Morgan fingerprint density at radius 2 is 1.04 bits per heavy atom. The summed E-state index contributed by atoms with van der Waals surface area (Å²) in [6.45, 7) is 0.877. The quantitative estimate of drug-likeness (QED) is 0.0477. The van der Waals surface area contributed by atoms with Crippen LogP contribution in [0.5, 0.6) is 17.2 Å². The summed E-state index contributed by atoms with van der Waals surface area (Å²) >= 11 is 0. The smallest absolute Gasteiger partial charge is 0.328 e. The molecule has 0 spiro atoms. The van der Waals surface area contributed by atoms with Crippen molar-refractivity contribution in [2.75, 3.05) is 109 Å². The van der Waals surface area contributed by atoms with Crippen LogP contribution in [0.25, 0.3) is 5.57 Å². The minimum absolute atomic E-state index is 0.0805. The van der Waals surface area contributed by atoms with Crippen molar-refractivity contribution in [2.45, 2.75) is 40.7 Å². The number of likely N-dealkylation sites (N-methyl/N-ethyl adjacent to an activating group) is 1. The fourth-order valence-electron chi connectivity index (χ4n) is 7.17. The van der Waals surface area contributed by atoms with Crippen LogP contribution in [0.1, 0.15) is 44.4 Å². The monoisotopic (exact) mass is 1040 g/mol. The van der Waals surface area contributed by atoms with Crippen LogP contribution < -0.4 is 28.9 Å². The predicted octanol–water partition coefficient (Wildman–Crippen LogP) is 3.97. The SMILES string of the molecule is CC(=O)OCOC(=O)CN(CC(=O)OCOC(C)=O)c1ccc(C2=C3C=CC(N(C)C)C=C3Oc3cc(N(C)C)ccc32)cc1OCCOc1ccc(C)cc1N(CC(=O)OCOC(C)=O)CC(=O)OCOC(C)=O. The number of hydrogen-bond donors (Lipinski definition) is 0. The summed E-state index contributed by atoms with van der Waals surface area (Å²) in [6, 6.07) is 15.9. The molecule has 0 aromatic heterocycles. The third-order valence-electron chi connectivity index (χ3n) is 10.7. The molecule has 5 rings (SSSR count). The highest BCUT2D eigenvalue weighted by atomic mass is 16.7. The molecule has 1 aliphatic heterocycles. The van der Waals surface area contributed by atoms with Gasteiger partial charge in [-0.15, -0.1) is 0 Å². The van der Waals surface area contributed by atoms with Gasteiger partial charge in [0.1, 0.15) is 62.4 Å². The average molecular weight is 1050 g/mol. The Morgan fingerprint density at radius 3 is 1.52 bits per heavy atom. The second-order valence-corrected chi connectivity index (χ2v) is 17.0. The topological polar surface area (TPSA) is 251 Å². The number of allylic oxidation sites excluding steroid dienone is 1. The van der Waals surface area contributed by atoms with Gasteiger partial charge in [-0.1, -0.05) is 24.3 Å². The zero-order chi connectivity index (χ0) is 54.8. The summed E-state index contributed by atoms with van der Waals surface area (Å²) in [5.74, 6) is -4.83. The number of anilines is 3. The van der Waals surface area contributed by atoms with E-state index in [9.17, 15) is 38.4 Å². The zero-order valence-electron chi connectivity index (χ0n) is 43.1. The largest absolute Gasteiger partial charge is 0.488 e. The van der Waals surface area contributed by atoms with Gasteiger partial charge < -0.3 is 66.8 Å². The van der Waals surface area contributed by atoms with Crippen molar-refractivity contribution in [3.05, 3.63) is 101 Å². The molecule has 3 aromatic carbocycles. The van der Waals surface area contributed by atoms with E-state index in [0.717, 1.165) is 50.1 Å². The predicted molar refractivity (Wildman–Crippen MR) is 266 cm³/mol. The minimum atomic E-state index is -0.901. The van der Waals surface area contributed by atoms with E-state index < -0.39 is 101 Å². The van der Waals surface area contributed by atoms with E-state index in [1.165, 1.54) is 9.80 Å². The van der Waals surface area contributed by atoms with Gasteiger partial charge in [0.05, 0.1) is 11.4 Å². The van der Waals surface area contributed by atoms with Gasteiger partial charge in [-0.3, -0.25) is 43.3 Å². The number of rotatable bonds is 26. The second-order valence-electron chi connectivity index (χ2n) is 17.0. The Labute approximate surface area is 432 Å². The molecule has 0 saturated heterocycles. The van der Waals surface area contributed by atoms with E-state index in [4.69, 9.17) is 52.1 Å². The lowest BCUT2D eigenvalue weighted by Crippen LogP contribution is -2.37. The first-order chi connectivity index (χ1) is 35.7. The highest BCUT2D eigenvalue weighted by Crippen LogP contribution is 2.46. The zero-order valence-corrected chi connectivity index (χ0v) is 43.1. The van der Waals surface area contributed by atoms with E-state index in [-0.39, 0.29) is 42.1 Å². The molecular weight excluding hydrogens is 985 g/mol. The lowest BCUT2D eigenvalue weighted by molar-refractivity contribution is -0.167. The molecule has 0 amide bonds. The fraction of sp³-hybridized carbons (Fsp3) is 0.385. The molecule has 402 valence electrons. The van der Waals surface area contributed by atoms with E-state index in [2.05, 4.69) is 0 Å². The third-order valence-corrected chi connectivity index (χ3v) is 10.7. The fourth-order valence-corrected chi connectivity index (χ4v) is 7.17. The minimum Gasteiger partial charge on any atom is -0.488 e. The molecular formula is C52H60N4O19. The van der Waals surface area contributed by atoms with Gasteiger partial charge in [0, 0.05) is 76.3 Å². The lowest BCUT2D eigenvalue weighted by Gasteiger charge is -2.31. The molecule has 0 saturated carbocycles. The van der Waals surface area contributed by atoms with Crippen LogP contribution in [-0.2, 0) is 76.3 Å². The van der Waals surface area contributed by atoms with Crippen molar-refractivity contribution in [3.8, 4) is 17.2 Å². The molecule has 1 unspecified atom stereocenters. The van der Waals surface area contributed by atoms with Gasteiger partial charge >= 0.3 is 47.8 Å². The van der Waals surface area contributed by atoms with E-state index in [0.29, 0.717) is 22.6 Å². The van der Waals surface area contributed by atoms with Crippen molar-refractivity contribution < 1.29 is 90.5 Å². The van der Waals surface area contributed by atoms with Gasteiger partial charge in [-0.2, -0.15) is 0 Å². The van der Waals surface area contributed by atoms with Crippen molar-refractivity contribution in [2.24, 2.45) is 0 Å². The van der Waals surface area contributed by atoms with Crippen LogP contribution in [0.2, 0.25) is 0 Å². The first-order valence-electron chi connectivity index (χ1n) is 23.2. The first kappa shape index (κ1) is 57.3. The number of aryl methyl sites for hydroxylation is 1. The Morgan fingerprint density at radius 1 is 0.547 bits per heavy atom. The Kier molecular flexibility index (Phi) is 21.0. The maximum absolute atomic E-state index is 13.3. The van der Waals surface area contributed by atoms with E-state index >= 15 is 0 Å². The molecule has 1 heterocycles. The Hall–Kier alpha value is -8.60. The number of esters is 8. The molecule has 23 heteroatoms. The summed E-state index contributed by atoms with van der Waals surface area (Å²) in [6.07, 6.45) is 6.02. The van der Waals surface area contributed by atoms with Gasteiger partial charge in [-0.05, 0) is 74.6 Å². The highest BCUT2D eigenvalue weighted by Gasteiger charge is 2.30. The molecule has 3 aromatic rings. The first-order valence-corrected chi connectivity index (χ1v) is 23.2. The average Bonchev–Trinajstić information content (AvgIpc) is 3.33. The summed E-state index contributed by atoms with van der Waals surface area (Å²) < 4.78 is 58.8. The molecule has 0 radical (unpaired) electrons. The van der Waals surface area contributed by atoms with E-state index in [1.807, 2.05) is 74.4 Å². The highest BCUT2D eigenvalue weighted by molar-refractivity contribution is 5.93. The maximum Gasteiger partial charge on any atom is 0.328 e. The van der Waals surface area contributed by atoms with E-state index in [1.54, 1.807) is 43.3 Å². The summed E-state index contributed by atoms with van der Waals surface area (Å²) in [5, 5.41) is 0. The molecule has 0 bridgehead atoms. The number of benzene rings is 3. The number of nitrogens with zero attached hydrogens (tertiary/aromatic N) is 4. The molecule has 75 heavy (non-hydrogen) atoms. The number of carbonyl (C=O) groups is 8. The maximum atomic E-state index is 13.3. The van der Waals surface area contributed by atoms with Gasteiger partial charge in [0.2, 0.25) is 27.2 Å². The molecule has 23 nitrogen and oxygen atoms in total. The third kappa shape index (κ3) is 17.5. The number of hydrogen-bond acceptors (Lipinski definition) is 23. The van der Waals surface area contributed by atoms with Gasteiger partial charge in [-0.25, -0.2) is 0 Å². The number of ether oxygens (including phenoxy) is 11. The molecule has 1 atom stereocenters. The van der Waals surface area contributed by atoms with Crippen LogP contribution in [0.3, 0.4) is 0 Å². The molecule has 0 N–H and O–H groups in total. The van der Waals surface area contributed by atoms with Gasteiger partial charge in [0.15, 0.2) is 0 Å². The Bertz CT molecular complexity index is 2640.